The quantitative estimate of drug-likeness (QED) is 0.190. The Hall–Kier alpha value is -4.22. The summed E-state index contributed by atoms with van der Waals surface area (Å²) in [5.74, 6) is -0.471. The van der Waals surface area contributed by atoms with E-state index in [9.17, 15) is 18.3 Å². The van der Waals surface area contributed by atoms with Crippen molar-refractivity contribution in [3.63, 3.8) is 0 Å². The van der Waals surface area contributed by atoms with Gasteiger partial charge in [0.1, 0.15) is 18.2 Å². The van der Waals surface area contributed by atoms with Gasteiger partial charge >= 0.3 is 5.97 Å². The molecule has 5 N–H and O–H groups in total. The Kier molecular flexibility index (Phi) is 7.04. The van der Waals surface area contributed by atoms with E-state index in [0.29, 0.717) is 23.2 Å². The number of carbonyl (C=O) groups is 1. The van der Waals surface area contributed by atoms with E-state index in [-0.39, 0.29) is 17.3 Å². The number of nitrogens with zero attached hydrogens (tertiary/aromatic N) is 3. The fourth-order valence-electron chi connectivity index (χ4n) is 3.82. The van der Waals surface area contributed by atoms with Crippen molar-refractivity contribution in [1.29, 1.82) is 5.41 Å². The molecule has 4 rings (SSSR count). The van der Waals surface area contributed by atoms with Gasteiger partial charge in [-0.15, -0.1) is 0 Å². The minimum atomic E-state index is -4.00. The average molecular weight is 507 g/mol. The second-order valence-electron chi connectivity index (χ2n) is 8.23. The number of nitrogens with two attached hydrogens (primary N) is 1. The number of nitrogens with one attached hydrogen (secondary N) is 2. The number of aromatic nitrogens is 2. The Morgan fingerprint density at radius 1 is 1.11 bits per heavy atom. The highest BCUT2D eigenvalue weighted by atomic mass is 32.2. The summed E-state index contributed by atoms with van der Waals surface area (Å²) >= 11 is 0. The molecule has 4 aromatic rings. The first-order valence-electron chi connectivity index (χ1n) is 11.0. The van der Waals surface area contributed by atoms with Crippen LogP contribution in [0, 0.1) is 5.41 Å². The van der Waals surface area contributed by atoms with E-state index in [1.165, 1.54) is 12.1 Å². The molecule has 11 heteroatoms. The Labute approximate surface area is 208 Å². The van der Waals surface area contributed by atoms with Crippen molar-refractivity contribution in [3.05, 3.63) is 89.7 Å². The molecule has 0 fully saturated rings. The lowest BCUT2D eigenvalue weighted by molar-refractivity contribution is -0.137. The first-order chi connectivity index (χ1) is 17.1. The highest BCUT2D eigenvalue weighted by Gasteiger charge is 2.27. The van der Waals surface area contributed by atoms with Gasteiger partial charge in [0, 0.05) is 24.8 Å². The topological polar surface area (TPSA) is 154 Å². The van der Waals surface area contributed by atoms with E-state index in [0.717, 1.165) is 21.3 Å². The molecule has 0 saturated heterocycles. The van der Waals surface area contributed by atoms with E-state index in [4.69, 9.17) is 11.1 Å². The second kappa shape index (κ2) is 10.2. The lowest BCUT2D eigenvalue weighted by Gasteiger charge is -2.20. The zero-order valence-corrected chi connectivity index (χ0v) is 20.4. The van der Waals surface area contributed by atoms with Crippen molar-refractivity contribution in [2.24, 2.45) is 12.8 Å². The van der Waals surface area contributed by atoms with Crippen molar-refractivity contribution < 1.29 is 18.3 Å². The number of hydrogen-bond donors (Lipinski definition) is 4. The fourth-order valence-corrected chi connectivity index (χ4v) is 5.22. The summed E-state index contributed by atoms with van der Waals surface area (Å²) in [5.41, 5.74) is 9.14. The molecule has 1 heterocycles. The maximum Gasteiger partial charge on any atom is 0.318 e. The third kappa shape index (κ3) is 5.37. The molecule has 0 aliphatic carbocycles. The van der Waals surface area contributed by atoms with Gasteiger partial charge in [0.05, 0.1) is 22.5 Å². The van der Waals surface area contributed by atoms with Crippen LogP contribution in [-0.2, 0) is 35.0 Å². The van der Waals surface area contributed by atoms with Crippen LogP contribution in [0.3, 0.4) is 0 Å². The Morgan fingerprint density at radius 2 is 1.81 bits per heavy atom. The number of nitrogen functional groups attached to an aromatic ring is 1. The minimum absolute atomic E-state index is 0.00574. The predicted octanol–water partition coefficient (Wildman–Crippen LogP) is 2.74. The molecule has 0 saturated carbocycles. The Bertz CT molecular complexity index is 1520. The summed E-state index contributed by atoms with van der Waals surface area (Å²) in [4.78, 5) is 16.2. The van der Waals surface area contributed by atoms with Crippen molar-refractivity contribution >= 4 is 38.5 Å². The highest BCUT2D eigenvalue weighted by molar-refractivity contribution is 7.89. The maximum atomic E-state index is 13.1. The molecule has 0 spiro atoms. The molecule has 0 radical (unpaired) electrons. The summed E-state index contributed by atoms with van der Waals surface area (Å²) in [5, 5.41) is 20.1. The van der Waals surface area contributed by atoms with E-state index in [2.05, 4.69) is 10.3 Å². The average Bonchev–Trinajstić information content (AvgIpc) is 3.17. The summed E-state index contributed by atoms with van der Waals surface area (Å²) in [6.07, 6.45) is 0. The molecule has 0 atom stereocenters. The molecule has 1 aromatic heterocycles. The first kappa shape index (κ1) is 24.9. The first-order valence-corrected chi connectivity index (χ1v) is 12.5. The van der Waals surface area contributed by atoms with Crippen LogP contribution >= 0.6 is 0 Å². The van der Waals surface area contributed by atoms with Gasteiger partial charge in [-0.2, -0.15) is 4.31 Å². The van der Waals surface area contributed by atoms with Gasteiger partial charge in [-0.3, -0.25) is 10.2 Å². The van der Waals surface area contributed by atoms with Crippen LogP contribution in [0.25, 0.3) is 11.0 Å². The number of carboxylic acids is 1. The molecule has 0 aliphatic heterocycles. The van der Waals surface area contributed by atoms with Crippen LogP contribution in [0.1, 0.15) is 17.0 Å². The number of benzene rings is 3. The summed E-state index contributed by atoms with van der Waals surface area (Å²) in [6.45, 7) is -0.325. The van der Waals surface area contributed by atoms with Crippen LogP contribution in [0.2, 0.25) is 0 Å². The lowest BCUT2D eigenvalue weighted by atomic mass is 10.2. The number of sulfonamides is 1. The largest absolute Gasteiger partial charge is 0.480 e. The van der Waals surface area contributed by atoms with E-state index in [1.54, 1.807) is 42.5 Å². The number of rotatable bonds is 10. The van der Waals surface area contributed by atoms with Crippen molar-refractivity contribution in [1.82, 2.24) is 13.9 Å². The maximum absolute atomic E-state index is 13.1. The minimum Gasteiger partial charge on any atom is -0.480 e. The number of hydrogen-bond acceptors (Lipinski definition) is 6. The van der Waals surface area contributed by atoms with Gasteiger partial charge in [0.2, 0.25) is 10.0 Å². The molecule has 10 nitrogen and oxygen atoms in total. The number of imidazole rings is 1. The smallest absolute Gasteiger partial charge is 0.318 e. The second-order valence-corrected chi connectivity index (χ2v) is 10.2. The number of aliphatic carboxylic acids is 1. The van der Waals surface area contributed by atoms with Gasteiger partial charge in [-0.25, -0.2) is 13.4 Å². The Morgan fingerprint density at radius 3 is 2.44 bits per heavy atom. The van der Waals surface area contributed by atoms with E-state index >= 15 is 0 Å². The van der Waals surface area contributed by atoms with Gasteiger partial charge in [0.15, 0.2) is 0 Å². The summed E-state index contributed by atoms with van der Waals surface area (Å²) in [7, 11) is -2.11. The van der Waals surface area contributed by atoms with Gasteiger partial charge in [-0.05, 0) is 54.1 Å². The molecular formula is C25H26N6O4S. The highest BCUT2D eigenvalue weighted by Crippen LogP contribution is 2.22. The van der Waals surface area contributed by atoms with E-state index in [1.807, 2.05) is 29.8 Å². The van der Waals surface area contributed by atoms with Gasteiger partial charge in [0.25, 0.3) is 0 Å². The summed E-state index contributed by atoms with van der Waals surface area (Å²) < 4.78 is 29.1. The van der Waals surface area contributed by atoms with Gasteiger partial charge < -0.3 is 20.7 Å². The van der Waals surface area contributed by atoms with E-state index < -0.39 is 22.5 Å². The standard InChI is InChI=1S/C25H26N6O4S/c1-30-22-12-7-17(15-31(16-24(32)33)36(34,35)20-5-3-2-4-6-20)13-21(22)29-23(30)14-28-19-10-8-18(9-11-19)25(26)27/h2-13,28H,14-16H2,1H3,(H3,26,27)(H,32,33). The molecule has 186 valence electrons. The van der Waals surface area contributed by atoms with Crippen LogP contribution in [0.15, 0.2) is 77.7 Å². The number of carboxylic acid groups (broad SMARTS) is 1. The third-order valence-electron chi connectivity index (χ3n) is 5.74. The predicted molar refractivity (Wildman–Crippen MR) is 137 cm³/mol. The van der Waals surface area contributed by atoms with Crippen molar-refractivity contribution in [2.75, 3.05) is 11.9 Å². The van der Waals surface area contributed by atoms with Crippen LogP contribution in [0.4, 0.5) is 5.69 Å². The summed E-state index contributed by atoms with van der Waals surface area (Å²) in [6, 6.07) is 20.4. The molecule has 0 aliphatic rings. The third-order valence-corrected chi connectivity index (χ3v) is 7.54. The molecule has 0 bridgehead atoms. The SMILES string of the molecule is Cn1c(CNc2ccc(C(=N)N)cc2)nc2cc(CN(CC(=O)O)S(=O)(=O)c3ccccc3)ccc21. The van der Waals surface area contributed by atoms with Crippen molar-refractivity contribution in [3.8, 4) is 0 Å². The van der Waals surface area contributed by atoms with Crippen LogP contribution in [-0.4, -0.2) is 45.7 Å². The normalized spacial score (nSPS) is 11.6. The van der Waals surface area contributed by atoms with Gasteiger partial charge in [-0.1, -0.05) is 24.3 Å². The number of fused-ring (bicyclic) bond motifs is 1. The Balaban J connectivity index is 1.55. The number of anilines is 1. The van der Waals surface area contributed by atoms with Crippen LogP contribution < -0.4 is 11.1 Å². The van der Waals surface area contributed by atoms with Crippen molar-refractivity contribution in [2.45, 2.75) is 18.0 Å². The number of amidine groups is 1. The molecule has 3 aromatic carbocycles. The number of aryl methyl sites for hydroxylation is 1. The molecular weight excluding hydrogens is 480 g/mol. The fraction of sp³-hybridized carbons (Fsp3) is 0.160. The van der Waals surface area contributed by atoms with Crippen LogP contribution in [0.5, 0.6) is 0 Å². The monoisotopic (exact) mass is 506 g/mol. The molecule has 0 unspecified atom stereocenters. The zero-order valence-electron chi connectivity index (χ0n) is 19.5. The lowest BCUT2D eigenvalue weighted by Crippen LogP contribution is -2.35. The molecule has 0 amide bonds. The zero-order chi connectivity index (χ0) is 25.9. The molecule has 36 heavy (non-hydrogen) atoms.